The van der Waals surface area contributed by atoms with E-state index in [1.807, 2.05) is 0 Å². The molecular weight excluding hydrogens is 279 g/mol. The highest BCUT2D eigenvalue weighted by atomic mass is 32.2. The summed E-state index contributed by atoms with van der Waals surface area (Å²) in [4.78, 5) is 0. The molecule has 0 saturated carbocycles. The van der Waals surface area contributed by atoms with Gasteiger partial charge in [-0.25, -0.2) is 13.1 Å². The molecule has 0 aromatic rings. The van der Waals surface area contributed by atoms with Gasteiger partial charge in [0.05, 0.1) is 0 Å². The Morgan fingerprint density at radius 2 is 1.74 bits per heavy atom. The Morgan fingerprint density at radius 3 is 2.16 bits per heavy atom. The van der Waals surface area contributed by atoms with Crippen LogP contribution < -0.4 is 4.72 Å². The van der Waals surface area contributed by atoms with Crippen molar-refractivity contribution in [3.63, 3.8) is 0 Å². The predicted octanol–water partition coefficient (Wildman–Crippen LogP) is 3.59. The molecule has 0 radical (unpaired) electrons. The van der Waals surface area contributed by atoms with Crippen molar-refractivity contribution in [2.45, 2.75) is 52.5 Å². The topological polar surface area (TPSA) is 46.2 Å². The van der Waals surface area contributed by atoms with Crippen LogP contribution in [0.15, 0.2) is 11.6 Å². The number of rotatable bonds is 6. The van der Waals surface area contributed by atoms with Crippen LogP contribution in [-0.4, -0.2) is 20.5 Å². The average Bonchev–Trinajstić information content (AvgIpc) is 2.13. The Bertz CT molecular complexity index is 406. The van der Waals surface area contributed by atoms with Gasteiger partial charge in [0, 0.05) is 6.54 Å². The summed E-state index contributed by atoms with van der Waals surface area (Å²) >= 11 is 0. The summed E-state index contributed by atoms with van der Waals surface area (Å²) in [7, 11) is -5.23. The minimum absolute atomic E-state index is 0.220. The number of nitrogens with one attached hydrogen (secondary N) is 1. The highest BCUT2D eigenvalue weighted by Gasteiger charge is 2.45. The van der Waals surface area contributed by atoms with Gasteiger partial charge in [-0.15, -0.1) is 0 Å². The lowest BCUT2D eigenvalue weighted by molar-refractivity contribution is -0.0446. The lowest BCUT2D eigenvalue weighted by atomic mass is 9.89. The highest BCUT2D eigenvalue weighted by molar-refractivity contribution is 7.90. The molecule has 0 aromatic carbocycles. The van der Waals surface area contributed by atoms with Gasteiger partial charge >= 0.3 is 15.5 Å². The summed E-state index contributed by atoms with van der Waals surface area (Å²) in [5.41, 5.74) is -4.15. The smallest absolute Gasteiger partial charge is 0.204 e. The minimum atomic E-state index is -5.25. The third-order valence-electron chi connectivity index (χ3n) is 2.53. The molecule has 0 amide bonds. The van der Waals surface area contributed by atoms with E-state index in [4.69, 9.17) is 0 Å². The van der Waals surface area contributed by atoms with Crippen LogP contribution in [0.1, 0.15) is 47.0 Å². The Balaban J connectivity index is 4.15. The molecule has 0 aliphatic carbocycles. The van der Waals surface area contributed by atoms with E-state index in [1.54, 1.807) is 6.92 Å². The van der Waals surface area contributed by atoms with E-state index in [-0.39, 0.29) is 12.0 Å². The van der Waals surface area contributed by atoms with Crippen molar-refractivity contribution < 1.29 is 21.6 Å². The van der Waals surface area contributed by atoms with Crippen LogP contribution in [0.5, 0.6) is 0 Å². The molecule has 0 spiro atoms. The molecule has 19 heavy (non-hydrogen) atoms. The van der Waals surface area contributed by atoms with Crippen molar-refractivity contribution >= 4 is 10.0 Å². The van der Waals surface area contributed by atoms with Crippen LogP contribution >= 0.6 is 0 Å². The maximum atomic E-state index is 12.0. The molecule has 7 heteroatoms. The van der Waals surface area contributed by atoms with E-state index < -0.39 is 15.5 Å². The van der Waals surface area contributed by atoms with Crippen LogP contribution in [0, 0.1) is 5.41 Å². The second-order valence-corrected chi connectivity index (χ2v) is 7.52. The fourth-order valence-electron chi connectivity index (χ4n) is 1.41. The van der Waals surface area contributed by atoms with Gasteiger partial charge in [0.1, 0.15) is 0 Å². The van der Waals surface area contributed by atoms with Gasteiger partial charge < -0.3 is 0 Å². The predicted molar refractivity (Wildman–Crippen MR) is 70.0 cm³/mol. The van der Waals surface area contributed by atoms with Gasteiger partial charge in [0.25, 0.3) is 0 Å². The maximum Gasteiger partial charge on any atom is 0.511 e. The lowest BCUT2D eigenvalue weighted by Crippen LogP contribution is -2.36. The first kappa shape index (κ1) is 18.4. The standard InChI is InChI=1S/C12H22F3NO2S/c1-10(6-5-8-11(2,3)4)7-9-16-19(17,18)12(13,14)15/h7,16H,5-6,8-9H2,1-4H3/b10-7+. The SMILES string of the molecule is C/C(=C\CNS(=O)(=O)C(F)(F)F)CCCC(C)(C)C. The largest absolute Gasteiger partial charge is 0.511 e. The number of halogens is 3. The monoisotopic (exact) mass is 301 g/mol. The molecule has 0 bridgehead atoms. The number of alkyl halides is 3. The molecule has 0 aliphatic rings. The number of sulfonamides is 1. The summed E-state index contributed by atoms with van der Waals surface area (Å²) in [5, 5.41) is 0. The lowest BCUT2D eigenvalue weighted by Gasteiger charge is -2.17. The molecule has 0 heterocycles. The zero-order valence-electron chi connectivity index (χ0n) is 11.8. The zero-order valence-corrected chi connectivity index (χ0v) is 12.6. The normalized spacial score (nSPS) is 14.8. The van der Waals surface area contributed by atoms with Crippen molar-refractivity contribution in [2.24, 2.45) is 5.41 Å². The average molecular weight is 301 g/mol. The third-order valence-corrected chi connectivity index (χ3v) is 3.68. The van der Waals surface area contributed by atoms with E-state index in [1.165, 1.54) is 10.8 Å². The van der Waals surface area contributed by atoms with Crippen LogP contribution in [-0.2, 0) is 10.0 Å². The Hall–Kier alpha value is -0.560. The minimum Gasteiger partial charge on any atom is -0.204 e. The quantitative estimate of drug-likeness (QED) is 0.762. The second-order valence-electron chi connectivity index (χ2n) is 5.76. The molecule has 0 aromatic heterocycles. The molecule has 1 N–H and O–H groups in total. The third kappa shape index (κ3) is 8.26. The first-order valence-electron chi connectivity index (χ1n) is 6.07. The van der Waals surface area contributed by atoms with Gasteiger partial charge in [-0.05, 0) is 31.6 Å². The number of hydrogen-bond acceptors (Lipinski definition) is 2. The number of allylic oxidation sites excluding steroid dienone is 1. The fraction of sp³-hybridized carbons (Fsp3) is 0.833. The highest BCUT2D eigenvalue weighted by Crippen LogP contribution is 2.23. The molecule has 3 nitrogen and oxygen atoms in total. The van der Waals surface area contributed by atoms with Crippen molar-refractivity contribution in [1.29, 1.82) is 0 Å². The summed E-state index contributed by atoms with van der Waals surface area (Å²) in [5.74, 6) is 0. The van der Waals surface area contributed by atoms with Crippen molar-refractivity contribution in [3.05, 3.63) is 11.6 Å². The molecule has 0 atom stereocenters. The van der Waals surface area contributed by atoms with E-state index in [9.17, 15) is 21.6 Å². The molecule has 0 saturated heterocycles. The molecule has 114 valence electrons. The van der Waals surface area contributed by atoms with E-state index in [2.05, 4.69) is 20.8 Å². The summed E-state index contributed by atoms with van der Waals surface area (Å²) in [6, 6.07) is 0. The summed E-state index contributed by atoms with van der Waals surface area (Å²) < 4.78 is 59.0. The first-order chi connectivity index (χ1) is 8.35. The second kappa shape index (κ2) is 6.74. The van der Waals surface area contributed by atoms with Gasteiger partial charge in [0.15, 0.2) is 0 Å². The van der Waals surface area contributed by atoms with Crippen molar-refractivity contribution in [1.82, 2.24) is 4.72 Å². The summed E-state index contributed by atoms with van der Waals surface area (Å²) in [6.07, 6.45) is 4.17. The van der Waals surface area contributed by atoms with E-state index in [0.717, 1.165) is 24.8 Å². The Labute approximate surface area is 113 Å². The Morgan fingerprint density at radius 1 is 1.21 bits per heavy atom. The zero-order chi connectivity index (χ0) is 15.3. The maximum absolute atomic E-state index is 12.0. The van der Waals surface area contributed by atoms with Gasteiger partial charge in [-0.3, -0.25) is 0 Å². The van der Waals surface area contributed by atoms with Crippen LogP contribution in [0.4, 0.5) is 13.2 Å². The number of hydrogen-bond donors (Lipinski definition) is 1. The van der Waals surface area contributed by atoms with Gasteiger partial charge in [0.2, 0.25) is 0 Å². The van der Waals surface area contributed by atoms with Crippen molar-refractivity contribution in [3.8, 4) is 0 Å². The van der Waals surface area contributed by atoms with Crippen LogP contribution in [0.3, 0.4) is 0 Å². The van der Waals surface area contributed by atoms with Crippen molar-refractivity contribution in [2.75, 3.05) is 6.54 Å². The van der Waals surface area contributed by atoms with E-state index >= 15 is 0 Å². The van der Waals surface area contributed by atoms with Gasteiger partial charge in [-0.1, -0.05) is 32.4 Å². The van der Waals surface area contributed by atoms with Crippen LogP contribution in [0.25, 0.3) is 0 Å². The molecule has 0 aliphatic heterocycles. The van der Waals surface area contributed by atoms with Crippen LogP contribution in [0.2, 0.25) is 0 Å². The molecular formula is C12H22F3NO2S. The molecule has 0 fully saturated rings. The molecule has 0 unspecified atom stereocenters. The molecule has 0 rings (SSSR count). The van der Waals surface area contributed by atoms with E-state index in [0.29, 0.717) is 0 Å². The summed E-state index contributed by atoms with van der Waals surface area (Å²) in [6.45, 7) is 7.80. The first-order valence-corrected chi connectivity index (χ1v) is 7.55. The van der Waals surface area contributed by atoms with Gasteiger partial charge in [-0.2, -0.15) is 13.2 Å². The fourth-order valence-corrected chi connectivity index (χ4v) is 1.87. The Kier molecular flexibility index (Phi) is 6.54.